The minimum absolute atomic E-state index is 0.0739. The van der Waals surface area contributed by atoms with Gasteiger partial charge in [-0.3, -0.25) is 4.79 Å². The Kier molecular flexibility index (Phi) is 5.65. The number of rotatable bonds is 6. The van der Waals surface area contributed by atoms with Gasteiger partial charge in [0.1, 0.15) is 5.75 Å². The first kappa shape index (κ1) is 16.3. The summed E-state index contributed by atoms with van der Waals surface area (Å²) in [4.78, 5) is 13.8. The molecule has 1 aromatic rings. The SMILES string of the molecule is CCCNCc1cc(Br)cc(C)c1OC1CCN(C)C1=O. The van der Waals surface area contributed by atoms with Crippen LogP contribution >= 0.6 is 15.9 Å². The lowest BCUT2D eigenvalue weighted by molar-refractivity contribution is -0.132. The smallest absolute Gasteiger partial charge is 0.263 e. The molecule has 0 radical (unpaired) electrons. The van der Waals surface area contributed by atoms with Crippen molar-refractivity contribution in [1.82, 2.24) is 10.2 Å². The number of hydrogen-bond donors (Lipinski definition) is 1. The fourth-order valence-electron chi connectivity index (χ4n) is 2.54. The summed E-state index contributed by atoms with van der Waals surface area (Å²) in [5.74, 6) is 0.917. The first-order valence-electron chi connectivity index (χ1n) is 7.44. The molecule has 1 fully saturated rings. The van der Waals surface area contributed by atoms with Crippen LogP contribution in [-0.4, -0.2) is 37.0 Å². The van der Waals surface area contributed by atoms with Gasteiger partial charge in [-0.15, -0.1) is 0 Å². The fourth-order valence-corrected chi connectivity index (χ4v) is 3.16. The van der Waals surface area contributed by atoms with Gasteiger partial charge in [-0.2, -0.15) is 0 Å². The molecule has 0 spiro atoms. The number of benzene rings is 1. The zero-order chi connectivity index (χ0) is 15.4. The second-order valence-corrected chi connectivity index (χ2v) is 6.46. The lowest BCUT2D eigenvalue weighted by Crippen LogP contribution is -2.30. The molecule has 1 saturated heterocycles. The van der Waals surface area contributed by atoms with Crippen molar-refractivity contribution < 1.29 is 9.53 Å². The summed E-state index contributed by atoms with van der Waals surface area (Å²) in [6.07, 6.45) is 1.50. The molecule has 21 heavy (non-hydrogen) atoms. The molecule has 1 aliphatic rings. The molecule has 0 aliphatic carbocycles. The number of carbonyl (C=O) groups is 1. The molecule has 1 unspecified atom stereocenters. The molecule has 1 aliphatic heterocycles. The molecule has 1 atom stereocenters. The Labute approximate surface area is 135 Å². The van der Waals surface area contributed by atoms with E-state index in [4.69, 9.17) is 4.74 Å². The van der Waals surface area contributed by atoms with E-state index in [2.05, 4.69) is 34.2 Å². The van der Waals surface area contributed by atoms with Gasteiger partial charge in [0.05, 0.1) is 0 Å². The number of hydrogen-bond acceptors (Lipinski definition) is 3. The van der Waals surface area contributed by atoms with Crippen molar-refractivity contribution in [3.05, 3.63) is 27.7 Å². The van der Waals surface area contributed by atoms with E-state index in [1.165, 1.54) is 0 Å². The van der Waals surface area contributed by atoms with Crippen LogP contribution in [0.5, 0.6) is 5.75 Å². The highest BCUT2D eigenvalue weighted by Crippen LogP contribution is 2.30. The Balaban J connectivity index is 2.18. The third kappa shape index (κ3) is 3.98. The molecule has 1 N–H and O–H groups in total. The normalized spacial score (nSPS) is 18.4. The van der Waals surface area contributed by atoms with E-state index in [9.17, 15) is 4.79 Å². The van der Waals surface area contributed by atoms with Crippen LogP contribution in [0, 0.1) is 6.92 Å². The van der Waals surface area contributed by atoms with Crippen LogP contribution in [0.3, 0.4) is 0 Å². The quantitative estimate of drug-likeness (QED) is 0.798. The van der Waals surface area contributed by atoms with E-state index in [1.54, 1.807) is 4.90 Å². The van der Waals surface area contributed by atoms with Crippen molar-refractivity contribution in [2.75, 3.05) is 20.1 Å². The number of likely N-dealkylation sites (N-methyl/N-ethyl adjacent to an activating group) is 1. The number of aryl methyl sites for hydroxylation is 1. The number of amides is 1. The van der Waals surface area contributed by atoms with E-state index in [0.717, 1.165) is 53.8 Å². The highest BCUT2D eigenvalue weighted by Gasteiger charge is 2.31. The summed E-state index contributed by atoms with van der Waals surface area (Å²) in [5, 5.41) is 3.39. The summed E-state index contributed by atoms with van der Waals surface area (Å²) < 4.78 is 7.09. The molecular weight excluding hydrogens is 332 g/mol. The Morgan fingerprint density at radius 1 is 1.48 bits per heavy atom. The van der Waals surface area contributed by atoms with Crippen molar-refractivity contribution in [1.29, 1.82) is 0 Å². The number of carbonyl (C=O) groups excluding carboxylic acids is 1. The highest BCUT2D eigenvalue weighted by molar-refractivity contribution is 9.10. The second kappa shape index (κ2) is 7.27. The molecule has 2 rings (SSSR count). The third-order valence-corrected chi connectivity index (χ3v) is 4.15. The number of nitrogens with one attached hydrogen (secondary N) is 1. The molecule has 0 aromatic heterocycles. The molecule has 5 heteroatoms. The van der Waals surface area contributed by atoms with Gasteiger partial charge in [-0.1, -0.05) is 22.9 Å². The maximum atomic E-state index is 12.0. The van der Waals surface area contributed by atoms with Crippen LogP contribution in [0.15, 0.2) is 16.6 Å². The Morgan fingerprint density at radius 2 is 2.24 bits per heavy atom. The van der Waals surface area contributed by atoms with Crippen molar-refractivity contribution in [3.63, 3.8) is 0 Å². The minimum Gasteiger partial charge on any atom is -0.480 e. The molecule has 1 heterocycles. The Bertz CT molecular complexity index is 519. The van der Waals surface area contributed by atoms with E-state index in [0.29, 0.717) is 0 Å². The summed E-state index contributed by atoms with van der Waals surface area (Å²) in [5.41, 5.74) is 2.15. The van der Waals surface area contributed by atoms with Crippen LogP contribution in [0.4, 0.5) is 0 Å². The van der Waals surface area contributed by atoms with Gasteiger partial charge >= 0.3 is 0 Å². The van der Waals surface area contributed by atoms with Crippen molar-refractivity contribution in [3.8, 4) is 5.75 Å². The first-order valence-corrected chi connectivity index (χ1v) is 8.23. The maximum Gasteiger partial charge on any atom is 0.263 e. The van der Waals surface area contributed by atoms with E-state index in [-0.39, 0.29) is 12.0 Å². The summed E-state index contributed by atoms with van der Waals surface area (Å²) in [7, 11) is 1.82. The highest BCUT2D eigenvalue weighted by atomic mass is 79.9. The van der Waals surface area contributed by atoms with Crippen molar-refractivity contribution >= 4 is 21.8 Å². The monoisotopic (exact) mass is 354 g/mol. The van der Waals surface area contributed by atoms with Crippen LogP contribution in [0.1, 0.15) is 30.9 Å². The van der Waals surface area contributed by atoms with Crippen molar-refractivity contribution in [2.45, 2.75) is 39.3 Å². The largest absolute Gasteiger partial charge is 0.480 e. The number of halogens is 1. The zero-order valence-electron chi connectivity index (χ0n) is 12.9. The minimum atomic E-state index is -0.347. The van der Waals surface area contributed by atoms with Crippen LogP contribution < -0.4 is 10.1 Å². The fraction of sp³-hybridized carbons (Fsp3) is 0.562. The van der Waals surface area contributed by atoms with Gasteiger partial charge in [0.15, 0.2) is 6.10 Å². The Morgan fingerprint density at radius 3 is 2.86 bits per heavy atom. The third-order valence-electron chi connectivity index (χ3n) is 3.70. The van der Waals surface area contributed by atoms with Crippen LogP contribution in [-0.2, 0) is 11.3 Å². The van der Waals surface area contributed by atoms with E-state index in [1.807, 2.05) is 20.0 Å². The zero-order valence-corrected chi connectivity index (χ0v) is 14.5. The molecule has 116 valence electrons. The maximum absolute atomic E-state index is 12.0. The average Bonchev–Trinajstić information content (AvgIpc) is 2.74. The van der Waals surface area contributed by atoms with Crippen molar-refractivity contribution in [2.24, 2.45) is 0 Å². The standard InChI is InChI=1S/C16H23BrN2O2/c1-4-6-18-10-12-9-13(17)8-11(2)15(12)21-14-5-7-19(3)16(14)20/h8-9,14,18H,4-7,10H2,1-3H3. The summed E-state index contributed by atoms with van der Waals surface area (Å²) in [6.45, 7) is 6.65. The second-order valence-electron chi connectivity index (χ2n) is 5.54. The van der Waals surface area contributed by atoms with Gasteiger partial charge in [-0.05, 0) is 37.6 Å². The first-order chi connectivity index (χ1) is 10.0. The van der Waals surface area contributed by atoms with Gasteiger partial charge in [0.2, 0.25) is 0 Å². The summed E-state index contributed by atoms with van der Waals surface area (Å²) >= 11 is 3.53. The average molecular weight is 355 g/mol. The predicted octanol–water partition coefficient (Wildman–Crippen LogP) is 2.87. The Hall–Kier alpha value is -1.07. The number of nitrogens with zero attached hydrogens (tertiary/aromatic N) is 1. The van der Waals surface area contributed by atoms with Gasteiger partial charge in [-0.25, -0.2) is 0 Å². The predicted molar refractivity (Wildman–Crippen MR) is 87.5 cm³/mol. The molecule has 0 bridgehead atoms. The van der Waals surface area contributed by atoms with E-state index < -0.39 is 0 Å². The van der Waals surface area contributed by atoms with E-state index >= 15 is 0 Å². The molecule has 1 amide bonds. The number of ether oxygens (including phenoxy) is 1. The lowest BCUT2D eigenvalue weighted by Gasteiger charge is -2.19. The molecule has 4 nitrogen and oxygen atoms in total. The lowest BCUT2D eigenvalue weighted by atomic mass is 10.1. The van der Waals surface area contributed by atoms with Gasteiger partial charge in [0.25, 0.3) is 5.91 Å². The molecule has 0 saturated carbocycles. The molecular formula is C16H23BrN2O2. The summed E-state index contributed by atoms with van der Waals surface area (Å²) in [6, 6.07) is 4.09. The number of likely N-dealkylation sites (tertiary alicyclic amines) is 1. The van der Waals surface area contributed by atoms with Gasteiger partial charge in [0, 0.05) is 36.6 Å². The van der Waals surface area contributed by atoms with Gasteiger partial charge < -0.3 is 15.0 Å². The van der Waals surface area contributed by atoms with Crippen LogP contribution in [0.25, 0.3) is 0 Å². The molecule has 1 aromatic carbocycles. The van der Waals surface area contributed by atoms with Crippen LogP contribution in [0.2, 0.25) is 0 Å². The topological polar surface area (TPSA) is 41.6 Å².